The maximum Gasteiger partial charge on any atom is 0.253 e. The molecule has 0 aliphatic carbocycles. The van der Waals surface area contributed by atoms with E-state index in [9.17, 15) is 9.90 Å². The number of aliphatic hydroxyl groups excluding tert-OH is 1. The number of pyridine rings is 2. The molecule has 0 bridgehead atoms. The van der Waals surface area contributed by atoms with Gasteiger partial charge in [0.15, 0.2) is 5.65 Å². The number of benzene rings is 2. The lowest BCUT2D eigenvalue weighted by molar-refractivity contribution is 0.0765. The Morgan fingerprint density at radius 3 is 2.66 bits per heavy atom. The molecule has 5 aromatic rings. The molecular weight excluding hydrogens is 464 g/mol. The Morgan fingerprint density at radius 1 is 1.03 bits per heavy atom. The maximum atomic E-state index is 12.7. The van der Waals surface area contributed by atoms with Crippen LogP contribution in [0.15, 0.2) is 72.9 Å². The summed E-state index contributed by atoms with van der Waals surface area (Å²) in [4.78, 5) is 23.5. The summed E-state index contributed by atoms with van der Waals surface area (Å²) in [6, 6.07) is 21.4. The number of fused-ring (bicyclic) bond motifs is 2. The van der Waals surface area contributed by atoms with Gasteiger partial charge in [0.2, 0.25) is 0 Å². The molecule has 6 rings (SSSR count). The lowest BCUT2D eigenvalue weighted by atomic mass is 10.1. The van der Waals surface area contributed by atoms with Crippen molar-refractivity contribution in [1.82, 2.24) is 29.9 Å². The Bertz CT molecular complexity index is 1520. The zero-order valence-corrected chi connectivity index (χ0v) is 19.6. The second-order valence-corrected chi connectivity index (χ2v) is 8.59. The monoisotopic (exact) mass is 486 g/mol. The number of nitrogens with zero attached hydrogens (tertiary/aromatic N) is 6. The molecule has 1 N–H and O–H groups in total. The molecule has 35 heavy (non-hydrogen) atoms. The highest BCUT2D eigenvalue weighted by molar-refractivity contribution is 5.95. The van der Waals surface area contributed by atoms with Crippen LogP contribution in [0.1, 0.15) is 22.3 Å². The van der Waals surface area contributed by atoms with Gasteiger partial charge in [-0.1, -0.05) is 29.5 Å². The first kappa shape index (κ1) is 22.9. The van der Waals surface area contributed by atoms with E-state index in [0.717, 1.165) is 33.2 Å². The molecule has 0 saturated carbocycles. The molecule has 1 aliphatic heterocycles. The highest BCUT2D eigenvalue weighted by Gasteiger charge is 2.25. The van der Waals surface area contributed by atoms with Gasteiger partial charge in [-0.25, -0.2) is 9.67 Å². The van der Waals surface area contributed by atoms with Crippen LogP contribution >= 0.6 is 12.4 Å². The number of aromatic nitrogens is 5. The van der Waals surface area contributed by atoms with Crippen molar-refractivity contribution < 1.29 is 9.90 Å². The quantitative estimate of drug-likeness (QED) is 0.416. The second-order valence-electron chi connectivity index (χ2n) is 8.59. The van der Waals surface area contributed by atoms with E-state index in [1.165, 1.54) is 0 Å². The van der Waals surface area contributed by atoms with Crippen LogP contribution in [-0.2, 0) is 6.54 Å². The summed E-state index contributed by atoms with van der Waals surface area (Å²) in [6.45, 7) is 1.53. The van der Waals surface area contributed by atoms with Gasteiger partial charge in [-0.2, -0.15) is 0 Å². The fourth-order valence-corrected chi connectivity index (χ4v) is 4.41. The Kier molecular flexibility index (Phi) is 6.15. The highest BCUT2D eigenvalue weighted by Crippen LogP contribution is 2.23. The topological polar surface area (TPSA) is 97.0 Å². The maximum absolute atomic E-state index is 12.7. The molecule has 3 aromatic heterocycles. The van der Waals surface area contributed by atoms with Crippen molar-refractivity contribution >= 4 is 40.4 Å². The van der Waals surface area contributed by atoms with Gasteiger partial charge in [0.25, 0.3) is 5.91 Å². The molecule has 176 valence electrons. The first-order valence-electron chi connectivity index (χ1n) is 11.3. The molecule has 8 nitrogen and oxygen atoms in total. The molecule has 1 aliphatic rings. The first-order valence-corrected chi connectivity index (χ1v) is 11.3. The first-order chi connectivity index (χ1) is 16.6. The Morgan fingerprint density at radius 2 is 1.86 bits per heavy atom. The van der Waals surface area contributed by atoms with Crippen molar-refractivity contribution in [3.05, 3.63) is 84.1 Å². The normalized spacial score (nSPS) is 15.5. The summed E-state index contributed by atoms with van der Waals surface area (Å²) >= 11 is 0. The standard InChI is InChI=1S/C26H22N6O2.ClH/c33-21-11-13-31(16-21)26(34)19-6-4-18(5-7-19)23-9-10-24-25(28-23)32(30-29-24)15-17-3-8-22-20(14-17)2-1-12-27-22;/h1-10,12,14,21,33H,11,13,15-16H2;1H. The number of likely N-dealkylation sites (tertiary alicyclic amines) is 1. The fourth-order valence-electron chi connectivity index (χ4n) is 4.41. The van der Waals surface area contributed by atoms with Gasteiger partial charge in [0.05, 0.1) is 23.9 Å². The van der Waals surface area contributed by atoms with Crippen LogP contribution in [0.25, 0.3) is 33.3 Å². The minimum Gasteiger partial charge on any atom is -0.391 e. The van der Waals surface area contributed by atoms with Crippen molar-refractivity contribution in [3.8, 4) is 11.3 Å². The molecule has 0 spiro atoms. The zero-order valence-electron chi connectivity index (χ0n) is 18.8. The molecule has 2 aromatic carbocycles. The van der Waals surface area contributed by atoms with Crippen molar-refractivity contribution in [3.63, 3.8) is 0 Å². The average molecular weight is 487 g/mol. The number of β-amino-alcohol motifs (C(OH)–C–C–N with tert-alkyl or cyclic N) is 1. The molecule has 1 atom stereocenters. The van der Waals surface area contributed by atoms with E-state index < -0.39 is 6.10 Å². The summed E-state index contributed by atoms with van der Waals surface area (Å²) in [7, 11) is 0. The highest BCUT2D eigenvalue weighted by atomic mass is 35.5. The van der Waals surface area contributed by atoms with Crippen LogP contribution in [0.2, 0.25) is 0 Å². The Labute approximate surface area is 207 Å². The number of hydrogen-bond acceptors (Lipinski definition) is 6. The largest absolute Gasteiger partial charge is 0.391 e. The van der Waals surface area contributed by atoms with Gasteiger partial charge in [-0.15, -0.1) is 17.5 Å². The Hall–Kier alpha value is -3.88. The molecule has 1 saturated heterocycles. The van der Waals surface area contributed by atoms with Crippen LogP contribution in [0.4, 0.5) is 0 Å². The number of amides is 1. The number of rotatable bonds is 4. The third kappa shape index (κ3) is 4.45. The number of carbonyl (C=O) groups is 1. The fraction of sp³-hybridized carbons (Fsp3) is 0.192. The number of hydrogen-bond donors (Lipinski definition) is 1. The predicted octanol–water partition coefficient (Wildman–Crippen LogP) is 3.72. The minimum atomic E-state index is -0.427. The van der Waals surface area contributed by atoms with E-state index in [1.807, 2.05) is 60.7 Å². The van der Waals surface area contributed by atoms with E-state index in [2.05, 4.69) is 21.4 Å². The summed E-state index contributed by atoms with van der Waals surface area (Å²) in [5.41, 5.74) is 5.78. The number of halogens is 1. The van der Waals surface area contributed by atoms with Gasteiger partial charge in [-0.05, 0) is 54.4 Å². The number of carbonyl (C=O) groups excluding carboxylic acids is 1. The lowest BCUT2D eigenvalue weighted by Gasteiger charge is -2.15. The van der Waals surface area contributed by atoms with Crippen molar-refractivity contribution in [1.29, 1.82) is 0 Å². The van der Waals surface area contributed by atoms with Crippen LogP contribution in [0.5, 0.6) is 0 Å². The predicted molar refractivity (Wildman–Crippen MR) is 135 cm³/mol. The smallest absolute Gasteiger partial charge is 0.253 e. The third-order valence-electron chi connectivity index (χ3n) is 6.24. The molecule has 0 radical (unpaired) electrons. The summed E-state index contributed by atoms with van der Waals surface area (Å²) in [6.07, 6.45) is 1.99. The van der Waals surface area contributed by atoms with Crippen LogP contribution in [0.3, 0.4) is 0 Å². The molecule has 4 heterocycles. The molecule has 9 heteroatoms. The van der Waals surface area contributed by atoms with Crippen LogP contribution in [-0.4, -0.2) is 60.1 Å². The second kappa shape index (κ2) is 9.40. The van der Waals surface area contributed by atoms with Gasteiger partial charge in [0, 0.05) is 35.8 Å². The molecular formula is C26H23ClN6O2. The minimum absolute atomic E-state index is 0. The van der Waals surface area contributed by atoms with E-state index in [1.54, 1.807) is 15.8 Å². The van der Waals surface area contributed by atoms with Gasteiger partial charge in [0.1, 0.15) is 5.52 Å². The SMILES string of the molecule is Cl.O=C(c1ccc(-c2ccc3nnn(Cc4ccc5ncccc5c4)c3n2)cc1)N1CCC(O)C1. The third-order valence-corrected chi connectivity index (χ3v) is 6.24. The van der Waals surface area contributed by atoms with Gasteiger partial charge < -0.3 is 10.0 Å². The van der Waals surface area contributed by atoms with Crippen molar-refractivity contribution in [2.45, 2.75) is 19.1 Å². The van der Waals surface area contributed by atoms with E-state index in [0.29, 0.717) is 37.3 Å². The summed E-state index contributed by atoms with van der Waals surface area (Å²) in [5, 5.41) is 19.4. The van der Waals surface area contributed by atoms with E-state index >= 15 is 0 Å². The molecule has 1 fully saturated rings. The summed E-state index contributed by atoms with van der Waals surface area (Å²) < 4.78 is 1.80. The van der Waals surface area contributed by atoms with E-state index in [-0.39, 0.29) is 18.3 Å². The molecule has 1 amide bonds. The zero-order chi connectivity index (χ0) is 23.1. The number of aliphatic hydroxyl groups is 1. The summed E-state index contributed by atoms with van der Waals surface area (Å²) in [5.74, 6) is -0.0561. The van der Waals surface area contributed by atoms with Crippen LogP contribution in [0, 0.1) is 0 Å². The van der Waals surface area contributed by atoms with Crippen molar-refractivity contribution in [2.24, 2.45) is 0 Å². The van der Waals surface area contributed by atoms with Gasteiger partial charge >= 0.3 is 0 Å². The Balaban J connectivity index is 0.00000253. The van der Waals surface area contributed by atoms with E-state index in [4.69, 9.17) is 4.98 Å². The average Bonchev–Trinajstić information content (AvgIpc) is 3.49. The van der Waals surface area contributed by atoms with Crippen LogP contribution < -0.4 is 0 Å². The molecule has 1 unspecified atom stereocenters. The lowest BCUT2D eigenvalue weighted by Crippen LogP contribution is -2.29. The van der Waals surface area contributed by atoms with Crippen molar-refractivity contribution in [2.75, 3.05) is 13.1 Å². The van der Waals surface area contributed by atoms with Gasteiger partial charge in [-0.3, -0.25) is 9.78 Å².